The maximum atomic E-state index is 11.6. The number of carbonyl (C=O) groups excluding carboxylic acids is 3. The summed E-state index contributed by atoms with van der Waals surface area (Å²) in [4.78, 5) is 60.3. The molecule has 0 amide bonds. The number of carboxylic acid groups (broad SMARTS) is 1. The van der Waals surface area contributed by atoms with Crippen molar-refractivity contribution in [1.82, 2.24) is 39.5 Å². The minimum absolute atomic E-state index is 0.00570. The number of aromatic nitrogens is 8. The van der Waals surface area contributed by atoms with Gasteiger partial charge in [0.15, 0.2) is 11.6 Å². The summed E-state index contributed by atoms with van der Waals surface area (Å²) >= 11 is 4.86. The van der Waals surface area contributed by atoms with E-state index in [1.54, 1.807) is 12.1 Å². The SMILES string of the molecule is CC(C)COC(=O)Cl.Cc1cc(-c2ncn(/C=C\C(=O)O)n2)cc(OC(C)C)n1.Cc1cc(-c2ncn(/C=C\C(=O)OC(=O)OCC(C)C)n2)cc(OC(C)C)n1. The summed E-state index contributed by atoms with van der Waals surface area (Å²) in [6, 6.07) is 7.17. The molecule has 0 bridgehead atoms. The molecule has 4 aromatic heterocycles. The van der Waals surface area contributed by atoms with Gasteiger partial charge in [0.1, 0.15) is 12.7 Å². The van der Waals surface area contributed by atoms with Crippen molar-refractivity contribution in [3.63, 3.8) is 0 Å². The van der Waals surface area contributed by atoms with E-state index in [2.05, 4.69) is 39.6 Å². The van der Waals surface area contributed by atoms with E-state index in [0.717, 1.165) is 34.7 Å². The minimum atomic E-state index is -1.04. The zero-order valence-electron chi connectivity index (χ0n) is 33.6. The van der Waals surface area contributed by atoms with Crippen LogP contribution in [0.25, 0.3) is 35.2 Å². The molecule has 4 aromatic rings. The summed E-state index contributed by atoms with van der Waals surface area (Å²) in [6.07, 6.45) is 6.54. The summed E-state index contributed by atoms with van der Waals surface area (Å²) in [5.41, 5.74) is 2.33. The predicted octanol–water partition coefficient (Wildman–Crippen LogP) is 7.25. The second-order valence-electron chi connectivity index (χ2n) is 13.4. The van der Waals surface area contributed by atoms with Crippen LogP contribution in [0.1, 0.15) is 66.8 Å². The Hall–Kier alpha value is -6.17. The Kier molecular flexibility index (Phi) is 19.5. The molecule has 0 unspecified atom stereocenters. The molecule has 18 nitrogen and oxygen atoms in total. The predicted molar refractivity (Wildman–Crippen MR) is 210 cm³/mol. The zero-order valence-corrected chi connectivity index (χ0v) is 34.3. The zero-order chi connectivity index (χ0) is 42.7. The summed E-state index contributed by atoms with van der Waals surface area (Å²) in [7, 11) is 0. The van der Waals surface area contributed by atoms with Gasteiger partial charge in [-0.1, -0.05) is 27.7 Å². The molecule has 0 saturated carbocycles. The van der Waals surface area contributed by atoms with E-state index in [0.29, 0.717) is 35.9 Å². The number of esters is 1. The monoisotopic (exact) mass is 812 g/mol. The first-order chi connectivity index (χ1) is 26.8. The van der Waals surface area contributed by atoms with E-state index < -0.39 is 23.5 Å². The Labute approximate surface area is 335 Å². The molecule has 0 fully saturated rings. The van der Waals surface area contributed by atoms with Gasteiger partial charge in [-0.15, -0.1) is 10.2 Å². The lowest BCUT2D eigenvalue weighted by Crippen LogP contribution is -2.14. The number of pyridine rings is 2. The van der Waals surface area contributed by atoms with Crippen molar-refractivity contribution in [2.75, 3.05) is 13.2 Å². The molecular weight excluding hydrogens is 764 g/mol. The first-order valence-corrected chi connectivity index (χ1v) is 18.1. The summed E-state index contributed by atoms with van der Waals surface area (Å²) in [5, 5.41) is 17.0. The Morgan fingerprint density at radius 1 is 0.702 bits per heavy atom. The number of carbonyl (C=O) groups is 4. The first-order valence-electron chi connectivity index (χ1n) is 17.7. The number of hydrogen-bond donors (Lipinski definition) is 1. The van der Waals surface area contributed by atoms with Gasteiger partial charge >= 0.3 is 23.5 Å². The van der Waals surface area contributed by atoms with Gasteiger partial charge in [0.2, 0.25) is 11.8 Å². The highest BCUT2D eigenvalue weighted by Gasteiger charge is 2.12. The highest BCUT2D eigenvalue weighted by Crippen LogP contribution is 2.22. The molecule has 4 rings (SSSR count). The highest BCUT2D eigenvalue weighted by atomic mass is 35.5. The van der Waals surface area contributed by atoms with E-state index in [1.807, 2.05) is 81.4 Å². The largest absolute Gasteiger partial charge is 0.516 e. The lowest BCUT2D eigenvalue weighted by molar-refractivity contribution is -0.134. The third-order valence-electron chi connectivity index (χ3n) is 6.09. The molecule has 0 aliphatic carbocycles. The van der Waals surface area contributed by atoms with Crippen molar-refractivity contribution in [3.8, 4) is 34.5 Å². The number of aryl methyl sites for hydroxylation is 2. The van der Waals surface area contributed by atoms with E-state index in [4.69, 9.17) is 30.9 Å². The lowest BCUT2D eigenvalue weighted by Gasteiger charge is -2.10. The second kappa shape index (κ2) is 23.7. The average Bonchev–Trinajstić information content (AvgIpc) is 3.78. The molecule has 0 aromatic carbocycles. The van der Waals surface area contributed by atoms with Gasteiger partial charge < -0.3 is 28.8 Å². The van der Waals surface area contributed by atoms with E-state index >= 15 is 0 Å². The maximum Gasteiger partial charge on any atom is 0.516 e. The summed E-state index contributed by atoms with van der Waals surface area (Å²) < 4.78 is 27.6. The Morgan fingerprint density at radius 2 is 1.14 bits per heavy atom. The number of hydrogen-bond acceptors (Lipinski definition) is 15. The van der Waals surface area contributed by atoms with Gasteiger partial charge in [-0.25, -0.2) is 48.5 Å². The molecule has 4 heterocycles. The van der Waals surface area contributed by atoms with Crippen molar-refractivity contribution >= 4 is 47.5 Å². The number of nitrogens with zero attached hydrogens (tertiary/aromatic N) is 8. The van der Waals surface area contributed by atoms with E-state index in [1.165, 1.54) is 34.4 Å². The molecule has 308 valence electrons. The molecule has 1 N–H and O–H groups in total. The van der Waals surface area contributed by atoms with Crippen LogP contribution in [0.5, 0.6) is 11.8 Å². The molecule has 0 saturated heterocycles. The van der Waals surface area contributed by atoms with E-state index in [-0.39, 0.29) is 24.7 Å². The van der Waals surface area contributed by atoms with Crippen molar-refractivity contribution in [3.05, 3.63) is 60.5 Å². The number of carboxylic acids is 1. The molecule has 0 atom stereocenters. The summed E-state index contributed by atoms with van der Waals surface area (Å²) in [6.45, 7) is 19.6. The van der Waals surface area contributed by atoms with Gasteiger partial charge in [-0.2, -0.15) is 0 Å². The fraction of sp³-hybridized carbons (Fsp3) is 0.421. The maximum absolute atomic E-state index is 11.6. The van der Waals surface area contributed by atoms with Gasteiger partial charge in [0.25, 0.3) is 0 Å². The van der Waals surface area contributed by atoms with Crippen LogP contribution in [-0.4, -0.2) is 93.5 Å². The summed E-state index contributed by atoms with van der Waals surface area (Å²) in [5.74, 6) is 0.515. The van der Waals surface area contributed by atoms with Gasteiger partial charge in [-0.05, 0) is 65.5 Å². The Bertz CT molecular complexity index is 1990. The molecule has 57 heavy (non-hydrogen) atoms. The van der Waals surface area contributed by atoms with Crippen LogP contribution in [-0.2, 0) is 23.8 Å². The molecule has 0 radical (unpaired) electrons. The molecular formula is C38H49ClN8O10. The van der Waals surface area contributed by atoms with Crippen LogP contribution >= 0.6 is 11.6 Å². The second-order valence-corrected chi connectivity index (χ2v) is 13.7. The van der Waals surface area contributed by atoms with Crippen LogP contribution < -0.4 is 9.47 Å². The fourth-order valence-electron chi connectivity index (χ4n) is 3.99. The first kappa shape index (κ1) is 47.0. The van der Waals surface area contributed by atoms with Crippen LogP contribution in [0.4, 0.5) is 9.59 Å². The average molecular weight is 813 g/mol. The molecule has 0 aliphatic rings. The van der Waals surface area contributed by atoms with Crippen molar-refractivity contribution in [2.45, 2.75) is 81.4 Å². The molecule has 0 spiro atoms. The number of ether oxygens (including phenoxy) is 5. The number of aliphatic carboxylic acids is 1. The third kappa shape index (κ3) is 19.8. The topological polar surface area (TPSA) is 222 Å². The normalized spacial score (nSPS) is 11.0. The van der Waals surface area contributed by atoms with Crippen LogP contribution in [0.2, 0.25) is 0 Å². The van der Waals surface area contributed by atoms with Gasteiger partial charge in [0, 0.05) is 70.8 Å². The van der Waals surface area contributed by atoms with Crippen LogP contribution in [0.3, 0.4) is 0 Å². The van der Waals surface area contributed by atoms with Crippen molar-refractivity contribution in [2.24, 2.45) is 11.8 Å². The van der Waals surface area contributed by atoms with E-state index in [9.17, 15) is 19.2 Å². The van der Waals surface area contributed by atoms with Gasteiger partial charge in [-0.3, -0.25) is 0 Å². The highest BCUT2D eigenvalue weighted by molar-refractivity contribution is 6.61. The molecule has 19 heteroatoms. The number of halogens is 1. The Morgan fingerprint density at radius 3 is 1.53 bits per heavy atom. The fourth-order valence-corrected chi connectivity index (χ4v) is 4.05. The smallest absolute Gasteiger partial charge is 0.478 e. The van der Waals surface area contributed by atoms with Crippen molar-refractivity contribution < 1.29 is 48.0 Å². The minimum Gasteiger partial charge on any atom is -0.478 e. The lowest BCUT2D eigenvalue weighted by atomic mass is 10.2. The molecule has 0 aliphatic heterocycles. The van der Waals surface area contributed by atoms with Crippen molar-refractivity contribution in [1.29, 1.82) is 0 Å². The standard InChI is InChI=1S/C19H24N4O5.C14H16N4O3.C5H9ClO2/c1-12(2)10-26-19(25)28-17(24)6-7-23-11-20-18(22-23)15-8-14(5)21-16(9-15)27-13(3)4;1-9(2)21-12-7-11(6-10(3)16-12)14-15-8-18(17-14)5-4-13(19)20;1-4(2)3-8-5(6)7/h6-9,11-13H,10H2,1-5H3;4-9H,1-3H3,(H,19,20);4H,3H2,1-2H3/b7-6-;5-4-;. The number of rotatable bonds is 14. The van der Waals surface area contributed by atoms with Gasteiger partial charge in [0.05, 0.1) is 25.4 Å². The third-order valence-corrected chi connectivity index (χ3v) is 6.20. The quantitative estimate of drug-likeness (QED) is 0.0573. The van der Waals surface area contributed by atoms with Crippen LogP contribution in [0.15, 0.2) is 49.1 Å². The Balaban J connectivity index is 0.000000339. The van der Waals surface area contributed by atoms with Crippen LogP contribution in [0, 0.1) is 25.7 Å².